The third kappa shape index (κ3) is 2.53. The maximum atomic E-state index is 5.07. The van der Waals surface area contributed by atoms with Crippen molar-refractivity contribution in [1.29, 1.82) is 0 Å². The van der Waals surface area contributed by atoms with Crippen LogP contribution in [-0.2, 0) is 0 Å². The molecule has 0 aliphatic heterocycles. The second kappa shape index (κ2) is 5.08. The number of aromatic amines is 1. The van der Waals surface area contributed by atoms with Crippen molar-refractivity contribution in [2.75, 3.05) is 0 Å². The van der Waals surface area contributed by atoms with E-state index in [-0.39, 0.29) is 0 Å². The third-order valence-corrected chi connectivity index (χ3v) is 3.09. The molecular weight excluding hydrogens is 210 g/mol. The van der Waals surface area contributed by atoms with Gasteiger partial charge in [0.15, 0.2) is 3.95 Å². The van der Waals surface area contributed by atoms with Gasteiger partial charge in [-0.15, -0.1) is 11.3 Å². The van der Waals surface area contributed by atoms with Gasteiger partial charge >= 0.3 is 0 Å². The lowest BCUT2D eigenvalue weighted by Gasteiger charge is -1.95. The van der Waals surface area contributed by atoms with E-state index in [0.717, 1.165) is 20.9 Å². The van der Waals surface area contributed by atoms with Gasteiger partial charge in [0.2, 0.25) is 0 Å². The van der Waals surface area contributed by atoms with Crippen LogP contribution in [0.5, 0.6) is 0 Å². The van der Waals surface area contributed by atoms with Crippen molar-refractivity contribution in [1.82, 2.24) is 4.98 Å². The molecule has 1 rings (SSSR count). The molecule has 14 heavy (non-hydrogen) atoms. The van der Waals surface area contributed by atoms with Crippen LogP contribution in [0.15, 0.2) is 24.8 Å². The Labute approximate surface area is 93.5 Å². The molecule has 0 saturated carbocycles. The number of thiazole rings is 1. The summed E-state index contributed by atoms with van der Waals surface area (Å²) < 4.78 is 0.783. The molecule has 3 heteroatoms. The summed E-state index contributed by atoms with van der Waals surface area (Å²) in [6.45, 7) is 9.61. The van der Waals surface area contributed by atoms with Crippen molar-refractivity contribution in [2.45, 2.75) is 13.3 Å². The largest absolute Gasteiger partial charge is 0.337 e. The molecule has 1 aromatic rings. The lowest BCUT2D eigenvalue weighted by atomic mass is 10.1. The first-order valence-electron chi connectivity index (χ1n) is 4.39. The molecule has 1 aromatic heterocycles. The number of allylic oxidation sites excluding steroid dienone is 2. The Balaban J connectivity index is 3.18. The van der Waals surface area contributed by atoms with Crippen LogP contribution >= 0.6 is 23.6 Å². The lowest BCUT2D eigenvalue weighted by molar-refractivity contribution is 1.16. The van der Waals surface area contributed by atoms with Gasteiger partial charge in [-0.2, -0.15) is 0 Å². The van der Waals surface area contributed by atoms with Crippen LogP contribution in [-0.4, -0.2) is 4.98 Å². The predicted molar refractivity (Wildman–Crippen MR) is 68.1 cm³/mol. The zero-order chi connectivity index (χ0) is 10.6. The predicted octanol–water partition coefficient (Wildman–Crippen LogP) is 4.43. The summed E-state index contributed by atoms with van der Waals surface area (Å²) in [5.74, 6) is 0. The second-order valence-corrected chi connectivity index (χ2v) is 4.49. The first-order chi connectivity index (χ1) is 6.71. The van der Waals surface area contributed by atoms with E-state index < -0.39 is 0 Å². The Morgan fingerprint density at radius 3 is 2.79 bits per heavy atom. The molecule has 0 spiro atoms. The average molecular weight is 223 g/mol. The van der Waals surface area contributed by atoms with E-state index in [0.29, 0.717) is 0 Å². The molecule has 0 amide bonds. The van der Waals surface area contributed by atoms with Crippen molar-refractivity contribution >= 4 is 35.7 Å². The quantitative estimate of drug-likeness (QED) is 0.590. The number of hydrogen-bond donors (Lipinski definition) is 1. The Hall–Kier alpha value is -0.930. The number of aromatic nitrogens is 1. The van der Waals surface area contributed by atoms with Gasteiger partial charge in [-0.05, 0) is 36.4 Å². The molecule has 1 heterocycles. The highest BCUT2D eigenvalue weighted by molar-refractivity contribution is 7.73. The maximum Gasteiger partial charge on any atom is 0.159 e. The zero-order valence-corrected chi connectivity index (χ0v) is 9.80. The Kier molecular flexibility index (Phi) is 4.04. The summed E-state index contributed by atoms with van der Waals surface area (Å²) in [6.07, 6.45) is 6.73. The van der Waals surface area contributed by atoms with Crippen LogP contribution in [0.25, 0.3) is 12.2 Å². The smallest absolute Gasteiger partial charge is 0.159 e. The topological polar surface area (TPSA) is 15.8 Å². The summed E-state index contributed by atoms with van der Waals surface area (Å²) in [4.78, 5) is 4.21. The molecule has 0 aliphatic rings. The minimum absolute atomic E-state index is 0.783. The van der Waals surface area contributed by atoms with Crippen LogP contribution < -0.4 is 0 Å². The monoisotopic (exact) mass is 223 g/mol. The van der Waals surface area contributed by atoms with Gasteiger partial charge in [-0.1, -0.05) is 26.2 Å². The minimum atomic E-state index is 0.783. The highest BCUT2D eigenvalue weighted by Crippen LogP contribution is 2.21. The zero-order valence-electron chi connectivity index (χ0n) is 8.17. The van der Waals surface area contributed by atoms with Gasteiger partial charge in [0.05, 0.1) is 10.6 Å². The molecular formula is C11H13NS2. The molecule has 74 valence electrons. The molecule has 0 bridgehead atoms. The van der Waals surface area contributed by atoms with E-state index in [2.05, 4.69) is 31.1 Å². The van der Waals surface area contributed by atoms with Gasteiger partial charge in [-0.25, -0.2) is 0 Å². The molecule has 0 saturated heterocycles. The summed E-state index contributed by atoms with van der Waals surface area (Å²) in [6, 6.07) is 0. The van der Waals surface area contributed by atoms with E-state index in [1.54, 1.807) is 17.4 Å². The number of nitrogens with one attached hydrogen (secondary N) is 1. The van der Waals surface area contributed by atoms with Gasteiger partial charge in [0.25, 0.3) is 0 Å². The van der Waals surface area contributed by atoms with E-state index >= 15 is 0 Å². The van der Waals surface area contributed by atoms with Gasteiger partial charge in [-0.3, -0.25) is 0 Å². The third-order valence-electron chi connectivity index (χ3n) is 1.90. The molecule has 0 aromatic carbocycles. The highest BCUT2D eigenvalue weighted by atomic mass is 32.1. The van der Waals surface area contributed by atoms with Crippen LogP contribution in [0, 0.1) is 3.95 Å². The molecule has 0 fully saturated rings. The number of H-pyrrole nitrogens is 1. The molecule has 0 atom stereocenters. The van der Waals surface area contributed by atoms with Crippen molar-refractivity contribution in [3.8, 4) is 0 Å². The molecule has 0 unspecified atom stereocenters. The Morgan fingerprint density at radius 2 is 2.29 bits per heavy atom. The summed E-state index contributed by atoms with van der Waals surface area (Å²) >= 11 is 6.63. The van der Waals surface area contributed by atoms with Crippen molar-refractivity contribution in [2.24, 2.45) is 0 Å². The molecule has 1 N–H and O–H groups in total. The number of rotatable bonds is 4. The fourth-order valence-corrected chi connectivity index (χ4v) is 2.28. The van der Waals surface area contributed by atoms with Gasteiger partial charge in [0, 0.05) is 0 Å². The van der Waals surface area contributed by atoms with Crippen LogP contribution in [0.1, 0.15) is 23.9 Å². The molecule has 1 nitrogen and oxygen atoms in total. The van der Waals surface area contributed by atoms with Crippen LogP contribution in [0.4, 0.5) is 0 Å². The minimum Gasteiger partial charge on any atom is -0.337 e. The fourth-order valence-electron chi connectivity index (χ4n) is 1.08. The Morgan fingerprint density at radius 1 is 1.57 bits per heavy atom. The van der Waals surface area contributed by atoms with Crippen molar-refractivity contribution in [3.63, 3.8) is 0 Å². The number of hydrogen-bond acceptors (Lipinski definition) is 2. The van der Waals surface area contributed by atoms with Crippen LogP contribution in [0.2, 0.25) is 0 Å². The molecule has 0 radical (unpaired) electrons. The normalized spacial score (nSPS) is 11.4. The summed E-state index contributed by atoms with van der Waals surface area (Å²) in [7, 11) is 0. The second-order valence-electron chi connectivity index (χ2n) is 2.77. The van der Waals surface area contributed by atoms with E-state index in [9.17, 15) is 0 Å². The Bertz CT molecular complexity index is 421. The van der Waals surface area contributed by atoms with E-state index in [1.807, 2.05) is 6.08 Å². The summed E-state index contributed by atoms with van der Waals surface area (Å²) in [5.41, 5.74) is 2.20. The highest BCUT2D eigenvalue weighted by Gasteiger charge is 2.00. The standard InChI is InChI=1S/C11H13NS2/c1-4-8(5-2)7-10-9(6-3)12-11(13)14-10/h4,6-7H,1,3,5H2,2H3,(H,12,13)/b8-7+. The maximum absolute atomic E-state index is 5.07. The first-order valence-corrected chi connectivity index (χ1v) is 5.62. The van der Waals surface area contributed by atoms with Gasteiger partial charge < -0.3 is 4.98 Å². The SMILES string of the molecule is C=C/C(=C\c1sc(=S)[nH]c1C=C)CC. The lowest BCUT2D eigenvalue weighted by Crippen LogP contribution is -1.77. The van der Waals surface area contributed by atoms with E-state index in [4.69, 9.17) is 12.2 Å². The molecule has 0 aliphatic carbocycles. The summed E-state index contributed by atoms with van der Waals surface area (Å²) in [5, 5.41) is 0. The van der Waals surface area contributed by atoms with Crippen molar-refractivity contribution in [3.05, 3.63) is 39.3 Å². The van der Waals surface area contributed by atoms with Gasteiger partial charge in [0.1, 0.15) is 0 Å². The van der Waals surface area contributed by atoms with Crippen molar-refractivity contribution < 1.29 is 0 Å². The average Bonchev–Trinajstić information content (AvgIpc) is 2.55. The first kappa shape index (κ1) is 11.1. The fraction of sp³-hybridized carbons (Fsp3) is 0.182. The van der Waals surface area contributed by atoms with Crippen LogP contribution in [0.3, 0.4) is 0 Å². The van der Waals surface area contributed by atoms with E-state index in [1.165, 1.54) is 5.57 Å².